The molecule has 0 radical (unpaired) electrons. The van der Waals surface area contributed by atoms with Gasteiger partial charge in [0.25, 0.3) is 17.7 Å². The second-order valence-corrected chi connectivity index (χ2v) is 7.47. The molecule has 0 aliphatic rings. The van der Waals surface area contributed by atoms with Gasteiger partial charge in [-0.1, -0.05) is 15.9 Å². The van der Waals surface area contributed by atoms with Gasteiger partial charge < -0.3 is 16.0 Å². The van der Waals surface area contributed by atoms with E-state index < -0.39 is 5.82 Å². The predicted octanol–water partition coefficient (Wildman–Crippen LogP) is 4.00. The molecule has 0 unspecified atom stereocenters. The van der Waals surface area contributed by atoms with Crippen molar-refractivity contribution < 1.29 is 18.8 Å². The van der Waals surface area contributed by atoms with Gasteiger partial charge in [-0.3, -0.25) is 14.4 Å². The lowest BCUT2D eigenvalue weighted by molar-refractivity contribution is 0.0927. The minimum atomic E-state index is -0.417. The Morgan fingerprint density at radius 2 is 1.06 bits per heavy atom. The molecule has 0 spiro atoms. The van der Waals surface area contributed by atoms with Crippen molar-refractivity contribution >= 4 is 39.3 Å². The maximum absolute atomic E-state index is 12.9. The molecule has 3 aromatic rings. The van der Waals surface area contributed by atoms with E-state index in [4.69, 9.17) is 0 Å². The largest absolute Gasteiger partial charge is 0.350 e. The molecule has 3 N–H and O–H groups in total. The summed E-state index contributed by atoms with van der Waals surface area (Å²) in [6.07, 6.45) is 0. The highest BCUT2D eigenvalue weighted by Gasteiger charge is 2.09. The highest BCUT2D eigenvalue weighted by molar-refractivity contribution is 9.10. The summed E-state index contributed by atoms with van der Waals surface area (Å²) >= 11 is 3.31. The molecule has 0 heterocycles. The van der Waals surface area contributed by atoms with Crippen LogP contribution in [0.25, 0.3) is 0 Å². The zero-order valence-electron chi connectivity index (χ0n) is 16.3. The van der Waals surface area contributed by atoms with Crippen molar-refractivity contribution in [3.05, 3.63) is 99.8 Å². The number of rotatable bonds is 7. The van der Waals surface area contributed by atoms with Crippen molar-refractivity contribution in [2.75, 3.05) is 18.4 Å². The third-order valence-corrected chi connectivity index (χ3v) is 4.84. The molecule has 31 heavy (non-hydrogen) atoms. The van der Waals surface area contributed by atoms with E-state index in [1.807, 2.05) is 0 Å². The average Bonchev–Trinajstić information content (AvgIpc) is 2.78. The topological polar surface area (TPSA) is 87.3 Å². The molecular formula is C23H19BrFN3O3. The fraction of sp³-hybridized carbons (Fsp3) is 0.0870. The minimum absolute atomic E-state index is 0.219. The molecular weight excluding hydrogens is 465 g/mol. The van der Waals surface area contributed by atoms with Crippen LogP contribution >= 0.6 is 15.9 Å². The van der Waals surface area contributed by atoms with Crippen molar-refractivity contribution in [3.8, 4) is 0 Å². The summed E-state index contributed by atoms with van der Waals surface area (Å²) in [5.74, 6) is -1.31. The number of hydrogen-bond donors (Lipinski definition) is 3. The van der Waals surface area contributed by atoms with Gasteiger partial charge in [-0.2, -0.15) is 0 Å². The van der Waals surface area contributed by atoms with E-state index in [2.05, 4.69) is 31.9 Å². The molecule has 3 rings (SSSR count). The summed E-state index contributed by atoms with van der Waals surface area (Å²) in [7, 11) is 0. The second kappa shape index (κ2) is 10.5. The Hall–Kier alpha value is -3.52. The molecule has 0 atom stereocenters. The van der Waals surface area contributed by atoms with Crippen LogP contribution in [-0.4, -0.2) is 30.8 Å². The van der Waals surface area contributed by atoms with Gasteiger partial charge in [0.15, 0.2) is 0 Å². The molecule has 0 aliphatic carbocycles. The third kappa shape index (κ3) is 6.48. The van der Waals surface area contributed by atoms with Crippen molar-refractivity contribution in [2.45, 2.75) is 0 Å². The molecule has 0 fully saturated rings. The molecule has 158 valence electrons. The predicted molar refractivity (Wildman–Crippen MR) is 120 cm³/mol. The van der Waals surface area contributed by atoms with Crippen molar-refractivity contribution in [2.24, 2.45) is 0 Å². The van der Waals surface area contributed by atoms with E-state index in [0.717, 1.165) is 4.47 Å². The standard InChI is InChI=1S/C23H19BrFN3O3/c24-18-7-1-15(2-8-18)21(29)26-13-14-27-22(30)16-5-11-20(12-6-16)28-23(31)17-3-9-19(25)10-4-17/h1-12H,13-14H2,(H,26,29)(H,27,30)(H,28,31). The van der Waals surface area contributed by atoms with Gasteiger partial charge in [0, 0.05) is 39.9 Å². The van der Waals surface area contributed by atoms with Crippen LogP contribution in [0.2, 0.25) is 0 Å². The van der Waals surface area contributed by atoms with Gasteiger partial charge in [-0.05, 0) is 72.8 Å². The average molecular weight is 484 g/mol. The number of anilines is 1. The molecule has 8 heteroatoms. The summed E-state index contributed by atoms with van der Waals surface area (Å²) in [4.78, 5) is 36.4. The maximum atomic E-state index is 12.9. The summed E-state index contributed by atoms with van der Waals surface area (Å²) < 4.78 is 13.8. The second-order valence-electron chi connectivity index (χ2n) is 6.56. The highest BCUT2D eigenvalue weighted by atomic mass is 79.9. The number of amides is 3. The van der Waals surface area contributed by atoms with Gasteiger partial charge >= 0.3 is 0 Å². The first-order valence-electron chi connectivity index (χ1n) is 9.41. The molecule has 0 saturated carbocycles. The lowest BCUT2D eigenvalue weighted by Gasteiger charge is -2.09. The van der Waals surface area contributed by atoms with Crippen LogP contribution in [0.5, 0.6) is 0 Å². The zero-order chi connectivity index (χ0) is 22.2. The molecule has 0 bridgehead atoms. The Balaban J connectivity index is 1.44. The molecule has 0 aromatic heterocycles. The molecule has 6 nitrogen and oxygen atoms in total. The summed E-state index contributed by atoms with van der Waals surface area (Å²) in [6.45, 7) is 0.552. The number of halogens is 2. The normalized spacial score (nSPS) is 10.3. The molecule has 0 aliphatic heterocycles. The quantitative estimate of drug-likeness (QED) is 0.443. The lowest BCUT2D eigenvalue weighted by atomic mass is 10.1. The number of hydrogen-bond acceptors (Lipinski definition) is 3. The van der Waals surface area contributed by atoms with E-state index in [0.29, 0.717) is 22.4 Å². The number of nitrogens with one attached hydrogen (secondary N) is 3. The Bertz CT molecular complexity index is 1070. The SMILES string of the molecule is O=C(NCCNC(=O)c1ccc(NC(=O)c2ccc(F)cc2)cc1)c1ccc(Br)cc1. The Kier molecular flexibility index (Phi) is 7.50. The minimum Gasteiger partial charge on any atom is -0.350 e. The first kappa shape index (κ1) is 22.2. The van der Waals surface area contributed by atoms with E-state index in [9.17, 15) is 18.8 Å². The van der Waals surface area contributed by atoms with Gasteiger partial charge in [-0.15, -0.1) is 0 Å². The van der Waals surface area contributed by atoms with Crippen LogP contribution in [-0.2, 0) is 0 Å². The van der Waals surface area contributed by atoms with Gasteiger partial charge in [0.1, 0.15) is 5.82 Å². The number of benzene rings is 3. The molecule has 3 amide bonds. The monoisotopic (exact) mass is 483 g/mol. The fourth-order valence-electron chi connectivity index (χ4n) is 2.67. The van der Waals surface area contributed by atoms with Gasteiger partial charge in [-0.25, -0.2) is 4.39 Å². The Morgan fingerprint density at radius 3 is 1.58 bits per heavy atom. The lowest BCUT2D eigenvalue weighted by Crippen LogP contribution is -2.34. The smallest absolute Gasteiger partial charge is 0.255 e. The zero-order valence-corrected chi connectivity index (χ0v) is 17.9. The molecule has 3 aromatic carbocycles. The van der Waals surface area contributed by atoms with Crippen LogP contribution < -0.4 is 16.0 Å². The summed E-state index contributed by atoms with van der Waals surface area (Å²) in [5, 5.41) is 8.14. The first-order chi connectivity index (χ1) is 14.9. The van der Waals surface area contributed by atoms with Crippen LogP contribution in [0, 0.1) is 5.82 Å². The van der Waals surface area contributed by atoms with E-state index in [1.165, 1.54) is 24.3 Å². The van der Waals surface area contributed by atoms with E-state index in [-0.39, 0.29) is 30.8 Å². The van der Waals surface area contributed by atoms with Crippen molar-refractivity contribution in [1.82, 2.24) is 10.6 Å². The highest BCUT2D eigenvalue weighted by Crippen LogP contribution is 2.12. The van der Waals surface area contributed by atoms with Crippen LogP contribution in [0.1, 0.15) is 31.1 Å². The van der Waals surface area contributed by atoms with Crippen LogP contribution in [0.15, 0.2) is 77.3 Å². The summed E-state index contributed by atoms with van der Waals surface area (Å²) in [5.41, 5.74) is 1.79. The van der Waals surface area contributed by atoms with Gasteiger partial charge in [0.05, 0.1) is 0 Å². The number of carbonyl (C=O) groups excluding carboxylic acids is 3. The first-order valence-corrected chi connectivity index (χ1v) is 10.2. The van der Waals surface area contributed by atoms with Crippen molar-refractivity contribution in [3.63, 3.8) is 0 Å². The van der Waals surface area contributed by atoms with Crippen LogP contribution in [0.4, 0.5) is 10.1 Å². The Labute approximate surface area is 187 Å². The maximum Gasteiger partial charge on any atom is 0.255 e. The Morgan fingerprint density at radius 1 is 0.645 bits per heavy atom. The van der Waals surface area contributed by atoms with Crippen molar-refractivity contribution in [1.29, 1.82) is 0 Å². The van der Waals surface area contributed by atoms with E-state index >= 15 is 0 Å². The van der Waals surface area contributed by atoms with Gasteiger partial charge in [0.2, 0.25) is 0 Å². The third-order valence-electron chi connectivity index (χ3n) is 4.31. The summed E-state index contributed by atoms with van der Waals surface area (Å²) in [6, 6.07) is 18.5. The number of carbonyl (C=O) groups is 3. The fourth-order valence-corrected chi connectivity index (χ4v) is 2.93. The van der Waals surface area contributed by atoms with Crippen LogP contribution in [0.3, 0.4) is 0 Å². The van der Waals surface area contributed by atoms with E-state index in [1.54, 1.807) is 48.5 Å². The molecule has 0 saturated heterocycles.